The van der Waals surface area contributed by atoms with Crippen molar-refractivity contribution in [3.05, 3.63) is 35.1 Å². The lowest BCUT2D eigenvalue weighted by molar-refractivity contribution is -0.137. The minimum Gasteiger partial charge on any atom is -0.394 e. The summed E-state index contributed by atoms with van der Waals surface area (Å²) in [4.78, 5) is 24.2. The van der Waals surface area contributed by atoms with Crippen molar-refractivity contribution >= 4 is 45.7 Å². The van der Waals surface area contributed by atoms with E-state index in [2.05, 4.69) is 31.0 Å². The quantitative estimate of drug-likeness (QED) is 0.230. The molecule has 4 unspecified atom stereocenters. The van der Waals surface area contributed by atoms with Gasteiger partial charge >= 0.3 is 0 Å². The van der Waals surface area contributed by atoms with E-state index in [0.717, 1.165) is 21.6 Å². The van der Waals surface area contributed by atoms with Crippen LogP contribution in [0.4, 0.5) is 5.69 Å². The van der Waals surface area contributed by atoms with Gasteiger partial charge in [0.2, 0.25) is 0 Å². The van der Waals surface area contributed by atoms with Gasteiger partial charge in [-0.25, -0.2) is 19.7 Å². The zero-order valence-electron chi connectivity index (χ0n) is 18.1. The highest BCUT2D eigenvalue weighted by molar-refractivity contribution is 7.18. The number of thiazole rings is 1. The number of carbonyl (C=O) groups excluding carboxylic acids is 1. The molecule has 3 aromatic rings. The number of ether oxygens (including phenoxy) is 1. The second kappa shape index (κ2) is 11.2. The first-order valence-corrected chi connectivity index (χ1v) is 10.9. The van der Waals surface area contributed by atoms with Crippen LogP contribution in [0.1, 0.15) is 28.0 Å². The highest BCUT2D eigenvalue weighted by Gasteiger charge is 2.41. The average Bonchev–Trinajstić information content (AvgIpc) is 3.45. The van der Waals surface area contributed by atoms with Crippen molar-refractivity contribution in [2.24, 2.45) is 21.5 Å². The Morgan fingerprint density at radius 1 is 1.42 bits per heavy atom. The van der Waals surface area contributed by atoms with Crippen LogP contribution in [-0.2, 0) is 4.74 Å². The highest BCUT2D eigenvalue weighted by atomic mass is 32.1. The van der Waals surface area contributed by atoms with Crippen molar-refractivity contribution in [1.29, 1.82) is 0 Å². The van der Waals surface area contributed by atoms with E-state index in [1.165, 1.54) is 17.9 Å². The molecule has 176 valence electrons. The molecule has 12 nitrogen and oxygen atoms in total. The molecule has 1 aromatic carbocycles. The van der Waals surface area contributed by atoms with Crippen molar-refractivity contribution in [3.8, 4) is 0 Å². The molecule has 2 aromatic heterocycles. The summed E-state index contributed by atoms with van der Waals surface area (Å²) >= 11 is 1.56. The minimum absolute atomic E-state index is 0.137. The fraction of sp³-hybridized carbons (Fsp3) is 0.400. The number of rotatable bonds is 5. The Morgan fingerprint density at radius 2 is 2.21 bits per heavy atom. The Morgan fingerprint density at radius 3 is 2.88 bits per heavy atom. The monoisotopic (exact) mass is 474 g/mol. The van der Waals surface area contributed by atoms with Crippen molar-refractivity contribution in [3.63, 3.8) is 0 Å². The summed E-state index contributed by atoms with van der Waals surface area (Å²) in [7, 11) is 1.50. The third-order valence-electron chi connectivity index (χ3n) is 4.96. The van der Waals surface area contributed by atoms with E-state index in [1.807, 2.05) is 25.1 Å². The molecule has 3 heterocycles. The number of hydrogen-bond donors (Lipinski definition) is 4. The number of hydrogen-bond acceptors (Lipinski definition) is 10. The van der Waals surface area contributed by atoms with Crippen LogP contribution in [0.15, 0.2) is 34.4 Å². The first-order chi connectivity index (χ1) is 16.0. The molecule has 0 aliphatic carbocycles. The van der Waals surface area contributed by atoms with Crippen LogP contribution in [0.2, 0.25) is 0 Å². The van der Waals surface area contributed by atoms with Crippen LogP contribution >= 0.6 is 11.3 Å². The summed E-state index contributed by atoms with van der Waals surface area (Å²) in [6.45, 7) is 1.52. The summed E-state index contributed by atoms with van der Waals surface area (Å²) in [6, 6.07) is 4.99. The van der Waals surface area contributed by atoms with Gasteiger partial charge in [0.05, 0.1) is 46.1 Å². The van der Waals surface area contributed by atoms with Gasteiger partial charge in [0, 0.05) is 6.42 Å². The maximum atomic E-state index is 11.0. The third kappa shape index (κ3) is 5.46. The zero-order chi connectivity index (χ0) is 24.0. The average molecular weight is 475 g/mol. The van der Waals surface area contributed by atoms with Gasteiger partial charge in [0.1, 0.15) is 24.0 Å². The molecule has 0 saturated carbocycles. The lowest BCUT2D eigenvalue weighted by Crippen LogP contribution is -2.49. The summed E-state index contributed by atoms with van der Waals surface area (Å²) < 4.78 is 8.25. The lowest BCUT2D eigenvalue weighted by atomic mass is 9.95. The molecule has 0 bridgehead atoms. The van der Waals surface area contributed by atoms with Gasteiger partial charge in [0.15, 0.2) is 12.1 Å². The minimum atomic E-state index is -1.07. The van der Waals surface area contributed by atoms with E-state index in [-0.39, 0.29) is 18.0 Å². The van der Waals surface area contributed by atoms with Crippen LogP contribution in [0.5, 0.6) is 0 Å². The Hall–Kier alpha value is -3.10. The van der Waals surface area contributed by atoms with Gasteiger partial charge in [-0.05, 0) is 32.2 Å². The van der Waals surface area contributed by atoms with Crippen LogP contribution in [0.3, 0.4) is 0 Å². The van der Waals surface area contributed by atoms with Gasteiger partial charge in [-0.1, -0.05) is 5.21 Å². The molecular weight excluding hydrogens is 448 g/mol. The van der Waals surface area contributed by atoms with E-state index in [1.54, 1.807) is 11.3 Å². The number of nitrogens with two attached hydrogens (primary N) is 2. The van der Waals surface area contributed by atoms with Crippen molar-refractivity contribution in [1.82, 2.24) is 20.0 Å². The first-order valence-electron chi connectivity index (χ1n) is 10.1. The first kappa shape index (κ1) is 24.5. The SMILES string of the molecule is CN.Cc1nc2ccc(N=C(N=CN)C3CC(n4cc(C=O)nn4)C(O)C(CO)O3)cc2s1. The van der Waals surface area contributed by atoms with Crippen molar-refractivity contribution in [2.75, 3.05) is 13.7 Å². The van der Waals surface area contributed by atoms with E-state index in [9.17, 15) is 15.0 Å². The Balaban J connectivity index is 0.00000149. The number of carbonyl (C=O) groups is 1. The zero-order valence-corrected chi connectivity index (χ0v) is 19.0. The number of aliphatic hydroxyl groups excluding tert-OH is 2. The number of aromatic nitrogens is 4. The molecule has 6 N–H and O–H groups in total. The molecule has 4 atom stereocenters. The second-order valence-electron chi connectivity index (χ2n) is 7.01. The van der Waals surface area contributed by atoms with E-state index in [4.69, 9.17) is 10.5 Å². The summed E-state index contributed by atoms with van der Waals surface area (Å²) in [5.41, 5.74) is 11.7. The fourth-order valence-electron chi connectivity index (χ4n) is 3.53. The van der Waals surface area contributed by atoms with Crippen LogP contribution < -0.4 is 11.5 Å². The molecule has 0 spiro atoms. The van der Waals surface area contributed by atoms with Gasteiger partial charge in [-0.15, -0.1) is 16.4 Å². The molecule has 1 saturated heterocycles. The standard InChI is InChI=1S/C19H21N7O4S.CH5N/c1-10-22-13-3-2-11(4-17(13)31-10)23-19(21-9-20)15-5-14(18(29)16(8-28)30-15)26-6-12(7-27)24-25-26;1-2/h2-4,6-7,9,14-16,18,28-29H,5,8H2,1H3,(H2,20,21,23);2H2,1H3. The van der Waals surface area contributed by atoms with Crippen molar-refractivity contribution in [2.45, 2.75) is 37.7 Å². The fourth-order valence-corrected chi connectivity index (χ4v) is 4.39. The predicted octanol–water partition coefficient (Wildman–Crippen LogP) is 0.353. The third-order valence-corrected chi connectivity index (χ3v) is 5.89. The number of fused-ring (bicyclic) bond motifs is 1. The number of aldehydes is 1. The number of amidine groups is 1. The number of nitrogens with zero attached hydrogens (tertiary/aromatic N) is 6. The van der Waals surface area contributed by atoms with Crippen LogP contribution in [-0.4, -0.2) is 80.6 Å². The largest absolute Gasteiger partial charge is 0.394 e. The van der Waals surface area contributed by atoms with Crippen molar-refractivity contribution < 1.29 is 19.7 Å². The molecule has 1 fully saturated rings. The molecule has 4 rings (SSSR count). The van der Waals surface area contributed by atoms with Gasteiger partial charge in [0.25, 0.3) is 0 Å². The lowest BCUT2D eigenvalue weighted by Gasteiger charge is -2.38. The van der Waals surface area contributed by atoms with Gasteiger partial charge < -0.3 is 26.4 Å². The second-order valence-corrected chi connectivity index (χ2v) is 8.25. The smallest absolute Gasteiger partial charge is 0.171 e. The molecule has 0 amide bonds. The van der Waals surface area contributed by atoms with E-state index in [0.29, 0.717) is 12.0 Å². The number of aliphatic imine (C=N–C) groups is 2. The molecule has 0 radical (unpaired) electrons. The highest BCUT2D eigenvalue weighted by Crippen LogP contribution is 2.32. The predicted molar refractivity (Wildman–Crippen MR) is 125 cm³/mol. The number of aliphatic hydroxyl groups is 2. The maximum absolute atomic E-state index is 11.0. The molecule has 1 aliphatic heterocycles. The van der Waals surface area contributed by atoms with E-state index >= 15 is 0 Å². The molecule has 1 aliphatic rings. The van der Waals surface area contributed by atoms with Crippen LogP contribution in [0, 0.1) is 6.92 Å². The van der Waals surface area contributed by atoms with Crippen LogP contribution in [0.25, 0.3) is 10.2 Å². The topological polar surface area (TPSA) is 187 Å². The number of aryl methyl sites for hydroxylation is 1. The Bertz CT molecular complexity index is 1140. The molecule has 13 heteroatoms. The summed E-state index contributed by atoms with van der Waals surface area (Å²) in [5, 5.41) is 29.0. The summed E-state index contributed by atoms with van der Waals surface area (Å²) in [5.74, 6) is 0.286. The normalized spacial score (nSPS) is 23.5. The Kier molecular flexibility index (Phi) is 8.30. The molecular formula is C20H26N8O4S. The van der Waals surface area contributed by atoms with Gasteiger partial charge in [-0.2, -0.15) is 0 Å². The maximum Gasteiger partial charge on any atom is 0.171 e. The Labute approximate surface area is 193 Å². The van der Waals surface area contributed by atoms with Gasteiger partial charge in [-0.3, -0.25) is 4.79 Å². The summed E-state index contributed by atoms with van der Waals surface area (Å²) in [6.07, 6.45) is 0.690. The number of benzene rings is 1. The molecule has 33 heavy (non-hydrogen) atoms. The van der Waals surface area contributed by atoms with E-state index < -0.39 is 31.0 Å².